The predicted molar refractivity (Wildman–Crippen MR) is 78.2 cm³/mol. The van der Waals surface area contributed by atoms with Crippen LogP contribution in [-0.2, 0) is 6.54 Å². The normalized spacial score (nSPS) is 10.6. The van der Waals surface area contributed by atoms with Crippen LogP contribution in [0.4, 0.5) is 4.39 Å². The molecule has 0 amide bonds. The monoisotopic (exact) mass is 274 g/mol. The summed E-state index contributed by atoms with van der Waals surface area (Å²) in [6, 6.07) is 8.93. The summed E-state index contributed by atoms with van der Waals surface area (Å²) in [7, 11) is 1.56. The molecule has 0 aliphatic heterocycles. The predicted octanol–water partition coefficient (Wildman–Crippen LogP) is 3.40. The van der Waals surface area contributed by atoms with Crippen molar-refractivity contribution in [2.75, 3.05) is 13.7 Å². The lowest BCUT2D eigenvalue weighted by molar-refractivity contribution is 0.398. The van der Waals surface area contributed by atoms with Crippen molar-refractivity contribution >= 4 is 0 Å². The molecular weight excluding hydrogens is 255 g/mol. The van der Waals surface area contributed by atoms with Gasteiger partial charge in [0.2, 0.25) is 5.88 Å². The molecule has 20 heavy (non-hydrogen) atoms. The maximum absolute atomic E-state index is 14.1. The summed E-state index contributed by atoms with van der Waals surface area (Å²) < 4.78 is 19.1. The molecule has 4 heteroatoms. The zero-order valence-electron chi connectivity index (χ0n) is 11.8. The summed E-state index contributed by atoms with van der Waals surface area (Å²) in [6.45, 7) is 3.53. The van der Waals surface area contributed by atoms with Gasteiger partial charge >= 0.3 is 0 Å². The molecule has 1 heterocycles. The van der Waals surface area contributed by atoms with Crippen molar-refractivity contribution < 1.29 is 9.13 Å². The third kappa shape index (κ3) is 3.54. The van der Waals surface area contributed by atoms with Crippen LogP contribution in [0.3, 0.4) is 0 Å². The molecule has 1 aromatic carbocycles. The molecule has 0 fully saturated rings. The number of aromatic nitrogens is 1. The maximum Gasteiger partial charge on any atom is 0.213 e. The van der Waals surface area contributed by atoms with Crippen LogP contribution in [0.25, 0.3) is 11.1 Å². The standard InChI is InChI=1S/C16H19FN2O/c1-3-7-18-11-14-5-4-12(9-15(14)17)13-6-8-19-16(10-13)20-2/h4-6,8-10,18H,3,7,11H2,1-2H3. The first-order valence-electron chi connectivity index (χ1n) is 6.74. The van der Waals surface area contributed by atoms with Crippen molar-refractivity contribution in [2.24, 2.45) is 0 Å². The molecule has 0 bridgehead atoms. The lowest BCUT2D eigenvalue weighted by atomic mass is 10.0. The number of benzene rings is 1. The van der Waals surface area contributed by atoms with E-state index in [0.29, 0.717) is 18.0 Å². The highest BCUT2D eigenvalue weighted by molar-refractivity contribution is 5.64. The van der Waals surface area contributed by atoms with Gasteiger partial charge in [-0.25, -0.2) is 9.37 Å². The number of pyridine rings is 1. The first-order chi connectivity index (χ1) is 9.74. The molecule has 0 aliphatic rings. The molecule has 106 valence electrons. The Morgan fingerprint density at radius 2 is 2.00 bits per heavy atom. The SMILES string of the molecule is CCCNCc1ccc(-c2ccnc(OC)c2)cc1F. The van der Waals surface area contributed by atoms with Crippen molar-refractivity contribution in [3.05, 3.63) is 47.9 Å². The van der Waals surface area contributed by atoms with Gasteiger partial charge in [-0.15, -0.1) is 0 Å². The van der Waals surface area contributed by atoms with Crippen LogP contribution >= 0.6 is 0 Å². The fourth-order valence-corrected chi connectivity index (χ4v) is 1.97. The quantitative estimate of drug-likeness (QED) is 0.820. The van der Waals surface area contributed by atoms with Crippen LogP contribution in [0.2, 0.25) is 0 Å². The Bertz CT molecular complexity index is 572. The van der Waals surface area contributed by atoms with Gasteiger partial charge < -0.3 is 10.1 Å². The van der Waals surface area contributed by atoms with E-state index in [1.165, 1.54) is 0 Å². The number of hydrogen-bond donors (Lipinski definition) is 1. The highest BCUT2D eigenvalue weighted by Gasteiger charge is 2.06. The van der Waals surface area contributed by atoms with Crippen molar-refractivity contribution in [1.29, 1.82) is 0 Å². The second-order valence-corrected chi connectivity index (χ2v) is 4.57. The van der Waals surface area contributed by atoms with Crippen LogP contribution in [0.15, 0.2) is 36.5 Å². The van der Waals surface area contributed by atoms with Gasteiger partial charge in [-0.2, -0.15) is 0 Å². The zero-order valence-corrected chi connectivity index (χ0v) is 11.8. The van der Waals surface area contributed by atoms with Crippen molar-refractivity contribution in [3.8, 4) is 17.0 Å². The van der Waals surface area contributed by atoms with Gasteiger partial charge in [0, 0.05) is 24.4 Å². The van der Waals surface area contributed by atoms with E-state index < -0.39 is 0 Å². The van der Waals surface area contributed by atoms with Gasteiger partial charge in [0.05, 0.1) is 7.11 Å². The van der Waals surface area contributed by atoms with Crippen LogP contribution in [0.1, 0.15) is 18.9 Å². The van der Waals surface area contributed by atoms with Crippen molar-refractivity contribution in [1.82, 2.24) is 10.3 Å². The Hall–Kier alpha value is -1.94. The number of ether oxygens (including phenoxy) is 1. The molecule has 0 unspecified atom stereocenters. The van der Waals surface area contributed by atoms with Crippen molar-refractivity contribution in [2.45, 2.75) is 19.9 Å². The van der Waals surface area contributed by atoms with Crippen LogP contribution in [0.5, 0.6) is 5.88 Å². The Labute approximate surface area is 118 Å². The van der Waals surface area contributed by atoms with Crippen LogP contribution < -0.4 is 10.1 Å². The van der Waals surface area contributed by atoms with E-state index in [4.69, 9.17) is 4.74 Å². The second-order valence-electron chi connectivity index (χ2n) is 4.57. The van der Waals surface area contributed by atoms with E-state index in [9.17, 15) is 4.39 Å². The van der Waals surface area contributed by atoms with E-state index in [0.717, 1.165) is 24.1 Å². The lowest BCUT2D eigenvalue weighted by Gasteiger charge is -2.08. The Kier molecular flexibility index (Phi) is 5.07. The Morgan fingerprint density at radius 1 is 1.20 bits per heavy atom. The van der Waals surface area contributed by atoms with Gasteiger partial charge in [-0.3, -0.25) is 0 Å². The average molecular weight is 274 g/mol. The van der Waals surface area contributed by atoms with Crippen LogP contribution in [0, 0.1) is 5.82 Å². The maximum atomic E-state index is 14.1. The number of halogens is 1. The third-order valence-electron chi connectivity index (χ3n) is 3.07. The lowest BCUT2D eigenvalue weighted by Crippen LogP contribution is -2.14. The van der Waals surface area contributed by atoms with E-state index >= 15 is 0 Å². The fourth-order valence-electron chi connectivity index (χ4n) is 1.97. The molecule has 3 nitrogen and oxygen atoms in total. The number of nitrogens with zero attached hydrogens (tertiary/aromatic N) is 1. The van der Waals surface area contributed by atoms with E-state index in [-0.39, 0.29) is 5.82 Å². The third-order valence-corrected chi connectivity index (χ3v) is 3.07. The largest absolute Gasteiger partial charge is 0.481 e. The van der Waals surface area contributed by atoms with E-state index in [2.05, 4.69) is 17.2 Å². The fraction of sp³-hybridized carbons (Fsp3) is 0.312. The smallest absolute Gasteiger partial charge is 0.213 e. The number of methoxy groups -OCH3 is 1. The van der Waals surface area contributed by atoms with Crippen LogP contribution in [-0.4, -0.2) is 18.6 Å². The van der Waals surface area contributed by atoms with Gasteiger partial charge in [-0.1, -0.05) is 19.1 Å². The Morgan fingerprint density at radius 3 is 2.70 bits per heavy atom. The minimum atomic E-state index is -0.193. The second kappa shape index (κ2) is 7.01. The summed E-state index contributed by atoms with van der Waals surface area (Å²) in [6.07, 6.45) is 2.69. The molecule has 0 spiro atoms. The molecular formula is C16H19FN2O. The minimum Gasteiger partial charge on any atom is -0.481 e. The molecule has 0 radical (unpaired) electrons. The highest BCUT2D eigenvalue weighted by Crippen LogP contribution is 2.24. The van der Waals surface area contributed by atoms with Gasteiger partial charge in [0.25, 0.3) is 0 Å². The average Bonchev–Trinajstić information content (AvgIpc) is 2.49. The number of nitrogens with one attached hydrogen (secondary N) is 1. The summed E-state index contributed by atoms with van der Waals surface area (Å²) in [4.78, 5) is 4.05. The van der Waals surface area contributed by atoms with E-state index in [1.807, 2.05) is 18.2 Å². The topological polar surface area (TPSA) is 34.2 Å². The van der Waals surface area contributed by atoms with Crippen molar-refractivity contribution in [3.63, 3.8) is 0 Å². The Balaban J connectivity index is 2.19. The molecule has 1 N–H and O–H groups in total. The number of hydrogen-bond acceptors (Lipinski definition) is 3. The zero-order chi connectivity index (χ0) is 14.4. The molecule has 0 aliphatic carbocycles. The van der Waals surface area contributed by atoms with Gasteiger partial charge in [0.15, 0.2) is 0 Å². The van der Waals surface area contributed by atoms with Gasteiger partial charge in [0.1, 0.15) is 5.82 Å². The van der Waals surface area contributed by atoms with E-state index in [1.54, 1.807) is 25.4 Å². The molecule has 0 saturated carbocycles. The number of rotatable bonds is 6. The molecule has 0 saturated heterocycles. The minimum absolute atomic E-state index is 0.193. The first kappa shape index (κ1) is 14.5. The highest BCUT2D eigenvalue weighted by atomic mass is 19.1. The molecule has 1 aromatic heterocycles. The molecule has 0 atom stereocenters. The molecule has 2 aromatic rings. The molecule has 2 rings (SSSR count). The van der Waals surface area contributed by atoms with Gasteiger partial charge in [-0.05, 0) is 36.2 Å². The summed E-state index contributed by atoms with van der Waals surface area (Å²) in [5.74, 6) is 0.332. The summed E-state index contributed by atoms with van der Waals surface area (Å²) in [5, 5.41) is 3.20. The summed E-state index contributed by atoms with van der Waals surface area (Å²) in [5.41, 5.74) is 2.40. The summed E-state index contributed by atoms with van der Waals surface area (Å²) >= 11 is 0. The first-order valence-corrected chi connectivity index (χ1v) is 6.74.